The van der Waals surface area contributed by atoms with Crippen LogP contribution in [0.15, 0.2) is 42.5 Å². The van der Waals surface area contributed by atoms with Crippen molar-refractivity contribution in [3.63, 3.8) is 0 Å². The number of rotatable bonds is 6. The van der Waals surface area contributed by atoms with Gasteiger partial charge in [0.15, 0.2) is 0 Å². The van der Waals surface area contributed by atoms with Gasteiger partial charge in [0.1, 0.15) is 17.2 Å². The van der Waals surface area contributed by atoms with Gasteiger partial charge in [0.2, 0.25) is 5.91 Å². The molecule has 7 heteroatoms. The Morgan fingerprint density at radius 2 is 1.70 bits per heavy atom. The maximum atomic E-state index is 12.9. The van der Waals surface area contributed by atoms with Crippen LogP contribution in [-0.2, 0) is 4.79 Å². The highest BCUT2D eigenvalue weighted by Crippen LogP contribution is 2.40. The standard InChI is InChI=1S/C23H26N2O5/c1-15(26)24-18-7-5-6-17(12-18)23(27)25-10-8-16(9-11-25)22-20(29-3)13-19(28-2)14-21(22)30-4/h5-8,12-14H,9-11H2,1-4H3,(H,24,26). The van der Waals surface area contributed by atoms with Gasteiger partial charge in [0.25, 0.3) is 5.91 Å². The molecule has 0 atom stereocenters. The smallest absolute Gasteiger partial charge is 0.254 e. The average Bonchev–Trinajstić information content (AvgIpc) is 2.77. The molecule has 0 radical (unpaired) electrons. The first kappa shape index (κ1) is 21.2. The summed E-state index contributed by atoms with van der Waals surface area (Å²) in [5.41, 5.74) is 3.08. The van der Waals surface area contributed by atoms with Crippen LogP contribution >= 0.6 is 0 Å². The predicted molar refractivity (Wildman–Crippen MR) is 115 cm³/mol. The zero-order chi connectivity index (χ0) is 21.7. The number of carbonyl (C=O) groups is 2. The number of hydrogen-bond donors (Lipinski definition) is 1. The molecular weight excluding hydrogens is 384 g/mol. The van der Waals surface area contributed by atoms with Crippen LogP contribution in [0.1, 0.15) is 29.3 Å². The van der Waals surface area contributed by atoms with E-state index in [-0.39, 0.29) is 11.8 Å². The van der Waals surface area contributed by atoms with E-state index in [9.17, 15) is 9.59 Å². The molecule has 2 aromatic carbocycles. The van der Waals surface area contributed by atoms with E-state index in [1.807, 2.05) is 18.2 Å². The Balaban J connectivity index is 1.82. The molecule has 0 unspecified atom stereocenters. The van der Waals surface area contributed by atoms with Gasteiger partial charge in [-0.15, -0.1) is 0 Å². The SMILES string of the molecule is COc1cc(OC)c(C2=CCN(C(=O)c3cccc(NC(C)=O)c3)CC2)c(OC)c1. The number of hydrogen-bond acceptors (Lipinski definition) is 5. The number of anilines is 1. The Bertz CT molecular complexity index is 958. The van der Waals surface area contributed by atoms with Crippen molar-refractivity contribution in [1.29, 1.82) is 0 Å². The van der Waals surface area contributed by atoms with E-state index in [0.29, 0.717) is 48.0 Å². The van der Waals surface area contributed by atoms with Gasteiger partial charge in [-0.25, -0.2) is 0 Å². The van der Waals surface area contributed by atoms with Crippen molar-refractivity contribution in [2.75, 3.05) is 39.7 Å². The van der Waals surface area contributed by atoms with E-state index in [0.717, 1.165) is 11.1 Å². The molecule has 0 fully saturated rings. The van der Waals surface area contributed by atoms with E-state index in [1.165, 1.54) is 6.92 Å². The Morgan fingerprint density at radius 3 is 2.23 bits per heavy atom. The Labute approximate surface area is 176 Å². The second-order valence-electron chi connectivity index (χ2n) is 6.90. The lowest BCUT2D eigenvalue weighted by Gasteiger charge is -2.28. The first-order valence-electron chi connectivity index (χ1n) is 9.63. The molecule has 2 amide bonds. The van der Waals surface area contributed by atoms with Gasteiger partial charge < -0.3 is 24.4 Å². The summed E-state index contributed by atoms with van der Waals surface area (Å²) < 4.78 is 16.4. The van der Waals surface area contributed by atoms with Gasteiger partial charge in [-0.05, 0) is 30.2 Å². The fourth-order valence-corrected chi connectivity index (χ4v) is 3.52. The van der Waals surface area contributed by atoms with E-state index in [1.54, 1.807) is 50.5 Å². The summed E-state index contributed by atoms with van der Waals surface area (Å²) in [7, 11) is 4.82. The zero-order valence-electron chi connectivity index (χ0n) is 17.7. The molecule has 0 aromatic heterocycles. The van der Waals surface area contributed by atoms with Crippen LogP contribution in [-0.4, -0.2) is 51.1 Å². The van der Waals surface area contributed by atoms with Crippen molar-refractivity contribution in [2.24, 2.45) is 0 Å². The monoisotopic (exact) mass is 410 g/mol. The summed E-state index contributed by atoms with van der Waals surface area (Å²) in [5.74, 6) is 1.74. The number of nitrogens with one attached hydrogen (secondary N) is 1. The minimum absolute atomic E-state index is 0.0776. The molecule has 0 saturated carbocycles. The second kappa shape index (κ2) is 9.35. The zero-order valence-corrected chi connectivity index (χ0v) is 17.7. The molecule has 158 valence electrons. The Morgan fingerprint density at radius 1 is 1.00 bits per heavy atom. The number of benzene rings is 2. The molecule has 0 spiro atoms. The van der Waals surface area contributed by atoms with E-state index in [2.05, 4.69) is 5.32 Å². The molecule has 2 aromatic rings. The summed E-state index contributed by atoms with van der Waals surface area (Å²) in [6.07, 6.45) is 2.68. The highest BCUT2D eigenvalue weighted by atomic mass is 16.5. The van der Waals surface area contributed by atoms with Crippen molar-refractivity contribution >= 4 is 23.1 Å². The fourth-order valence-electron chi connectivity index (χ4n) is 3.52. The molecule has 30 heavy (non-hydrogen) atoms. The highest BCUT2D eigenvalue weighted by Gasteiger charge is 2.23. The van der Waals surface area contributed by atoms with Gasteiger partial charge in [0, 0.05) is 43.4 Å². The van der Waals surface area contributed by atoms with E-state index < -0.39 is 0 Å². The number of methoxy groups -OCH3 is 3. The topological polar surface area (TPSA) is 77.1 Å². The van der Waals surface area contributed by atoms with Gasteiger partial charge in [-0.3, -0.25) is 9.59 Å². The lowest BCUT2D eigenvalue weighted by Crippen LogP contribution is -2.34. The van der Waals surface area contributed by atoms with Gasteiger partial charge in [0.05, 0.1) is 26.9 Å². The van der Waals surface area contributed by atoms with E-state index in [4.69, 9.17) is 14.2 Å². The third kappa shape index (κ3) is 4.56. The maximum Gasteiger partial charge on any atom is 0.254 e. The van der Waals surface area contributed by atoms with E-state index >= 15 is 0 Å². The maximum absolute atomic E-state index is 12.9. The average molecular weight is 410 g/mol. The molecular formula is C23H26N2O5. The molecule has 0 saturated heterocycles. The summed E-state index contributed by atoms with van der Waals surface area (Å²) in [4.78, 5) is 26.0. The quantitative estimate of drug-likeness (QED) is 0.787. The fraction of sp³-hybridized carbons (Fsp3) is 0.304. The van der Waals surface area contributed by atoms with Crippen LogP contribution in [0.4, 0.5) is 5.69 Å². The summed E-state index contributed by atoms with van der Waals surface area (Å²) in [6.45, 7) is 2.47. The minimum Gasteiger partial charge on any atom is -0.496 e. The lowest BCUT2D eigenvalue weighted by molar-refractivity contribution is -0.114. The molecule has 1 N–H and O–H groups in total. The lowest BCUT2D eigenvalue weighted by atomic mass is 9.96. The molecule has 7 nitrogen and oxygen atoms in total. The van der Waals surface area contributed by atoms with Gasteiger partial charge in [-0.2, -0.15) is 0 Å². The summed E-state index contributed by atoms with van der Waals surface area (Å²) >= 11 is 0. The molecule has 1 heterocycles. The third-order valence-electron chi connectivity index (χ3n) is 4.96. The van der Waals surface area contributed by atoms with Crippen LogP contribution in [0.5, 0.6) is 17.2 Å². The minimum atomic E-state index is -0.174. The van der Waals surface area contributed by atoms with Crippen LogP contribution in [0.25, 0.3) is 5.57 Å². The number of carbonyl (C=O) groups excluding carboxylic acids is 2. The third-order valence-corrected chi connectivity index (χ3v) is 4.96. The number of nitrogens with zero attached hydrogens (tertiary/aromatic N) is 1. The first-order valence-corrected chi connectivity index (χ1v) is 9.63. The predicted octanol–water partition coefficient (Wildman–Crippen LogP) is 3.60. The van der Waals surface area contributed by atoms with Gasteiger partial charge >= 0.3 is 0 Å². The van der Waals surface area contributed by atoms with Crippen molar-refractivity contribution in [3.05, 3.63) is 53.6 Å². The highest BCUT2D eigenvalue weighted by molar-refractivity contribution is 5.97. The molecule has 0 bridgehead atoms. The van der Waals surface area contributed by atoms with Crippen molar-refractivity contribution in [2.45, 2.75) is 13.3 Å². The van der Waals surface area contributed by atoms with Crippen LogP contribution in [0.2, 0.25) is 0 Å². The largest absolute Gasteiger partial charge is 0.496 e. The molecule has 1 aliphatic heterocycles. The number of amides is 2. The van der Waals surface area contributed by atoms with Crippen molar-refractivity contribution in [3.8, 4) is 17.2 Å². The summed E-state index contributed by atoms with van der Waals surface area (Å²) in [5, 5.41) is 2.71. The first-order chi connectivity index (χ1) is 14.5. The molecule has 0 aliphatic carbocycles. The van der Waals surface area contributed by atoms with Crippen LogP contribution < -0.4 is 19.5 Å². The van der Waals surface area contributed by atoms with Crippen molar-refractivity contribution in [1.82, 2.24) is 4.90 Å². The van der Waals surface area contributed by atoms with Crippen molar-refractivity contribution < 1.29 is 23.8 Å². The van der Waals surface area contributed by atoms with Crippen LogP contribution in [0.3, 0.4) is 0 Å². The van der Waals surface area contributed by atoms with Gasteiger partial charge in [-0.1, -0.05) is 12.1 Å². The molecule has 1 aliphatic rings. The Kier molecular flexibility index (Phi) is 6.61. The Hall–Kier alpha value is -3.48. The number of ether oxygens (including phenoxy) is 3. The summed E-state index contributed by atoms with van der Waals surface area (Å²) in [6, 6.07) is 10.6. The molecule has 3 rings (SSSR count). The van der Waals surface area contributed by atoms with Crippen LogP contribution in [0, 0.1) is 0 Å². The normalized spacial score (nSPS) is 13.3. The second-order valence-corrected chi connectivity index (χ2v) is 6.90.